The topological polar surface area (TPSA) is 49.4 Å². The van der Waals surface area contributed by atoms with E-state index in [0.717, 1.165) is 12.1 Å². The van der Waals surface area contributed by atoms with Gasteiger partial charge in [-0.2, -0.15) is 4.31 Å². The molecule has 0 unspecified atom stereocenters. The standard InChI is InChI=1S/C14H24N2O2S/c1-13(2)16(12-14-8-5-4-6-9-14)19(17,18)11-7-10-15-3/h4-6,8-9,13,15H,7,10-12H2,1-3H3. The summed E-state index contributed by atoms with van der Waals surface area (Å²) in [4.78, 5) is 0. The maximum Gasteiger partial charge on any atom is 0.214 e. The molecule has 1 aromatic rings. The molecular formula is C14H24N2O2S. The lowest BCUT2D eigenvalue weighted by Gasteiger charge is -2.26. The molecule has 19 heavy (non-hydrogen) atoms. The van der Waals surface area contributed by atoms with E-state index in [-0.39, 0.29) is 11.8 Å². The Hall–Kier alpha value is -0.910. The largest absolute Gasteiger partial charge is 0.320 e. The Balaban J connectivity index is 2.77. The fourth-order valence-corrected chi connectivity index (χ4v) is 3.65. The first-order valence-corrected chi connectivity index (χ1v) is 8.26. The second kappa shape index (κ2) is 7.62. The molecule has 5 heteroatoms. The normalized spacial score (nSPS) is 12.3. The number of benzene rings is 1. The van der Waals surface area contributed by atoms with Gasteiger partial charge in [-0.25, -0.2) is 8.42 Å². The van der Waals surface area contributed by atoms with Gasteiger partial charge in [0.1, 0.15) is 0 Å². The van der Waals surface area contributed by atoms with Crippen molar-refractivity contribution in [3.05, 3.63) is 35.9 Å². The van der Waals surface area contributed by atoms with Gasteiger partial charge in [0.25, 0.3) is 0 Å². The van der Waals surface area contributed by atoms with Crippen LogP contribution in [-0.2, 0) is 16.6 Å². The van der Waals surface area contributed by atoms with E-state index >= 15 is 0 Å². The lowest BCUT2D eigenvalue weighted by Crippen LogP contribution is -2.38. The summed E-state index contributed by atoms with van der Waals surface area (Å²) < 4.78 is 26.3. The van der Waals surface area contributed by atoms with E-state index in [9.17, 15) is 8.42 Å². The SMILES string of the molecule is CNCCCS(=O)(=O)N(Cc1ccccc1)C(C)C. The molecule has 0 saturated carbocycles. The van der Waals surface area contributed by atoms with Crippen LogP contribution < -0.4 is 5.32 Å². The Morgan fingerprint density at radius 1 is 1.21 bits per heavy atom. The maximum atomic E-state index is 12.3. The van der Waals surface area contributed by atoms with E-state index in [1.165, 1.54) is 0 Å². The van der Waals surface area contributed by atoms with Crippen LogP contribution in [0.3, 0.4) is 0 Å². The van der Waals surface area contributed by atoms with Gasteiger partial charge in [-0.05, 0) is 39.4 Å². The molecule has 0 aliphatic carbocycles. The molecule has 0 aliphatic rings. The van der Waals surface area contributed by atoms with Crippen LogP contribution in [0.4, 0.5) is 0 Å². The van der Waals surface area contributed by atoms with Gasteiger partial charge in [-0.3, -0.25) is 0 Å². The van der Waals surface area contributed by atoms with Crippen LogP contribution in [0.15, 0.2) is 30.3 Å². The molecule has 0 spiro atoms. The molecule has 1 rings (SSSR count). The van der Waals surface area contributed by atoms with Crippen molar-refractivity contribution in [2.45, 2.75) is 32.9 Å². The van der Waals surface area contributed by atoms with Crippen molar-refractivity contribution in [3.63, 3.8) is 0 Å². The molecular weight excluding hydrogens is 260 g/mol. The van der Waals surface area contributed by atoms with Crippen LogP contribution in [-0.4, -0.2) is 38.1 Å². The highest BCUT2D eigenvalue weighted by Crippen LogP contribution is 2.14. The predicted octanol–water partition coefficient (Wildman–Crippen LogP) is 1.84. The Kier molecular flexibility index (Phi) is 6.48. The minimum absolute atomic E-state index is 0.0280. The van der Waals surface area contributed by atoms with Crippen LogP contribution in [0.2, 0.25) is 0 Å². The first kappa shape index (κ1) is 16.1. The van der Waals surface area contributed by atoms with Gasteiger partial charge in [-0.1, -0.05) is 30.3 Å². The Labute approximate surface area is 116 Å². The van der Waals surface area contributed by atoms with Gasteiger partial charge in [-0.15, -0.1) is 0 Å². The third kappa shape index (κ3) is 5.30. The van der Waals surface area contributed by atoms with E-state index < -0.39 is 10.0 Å². The Morgan fingerprint density at radius 2 is 1.84 bits per heavy atom. The number of hydrogen-bond donors (Lipinski definition) is 1. The first-order valence-electron chi connectivity index (χ1n) is 6.65. The van der Waals surface area contributed by atoms with Crippen molar-refractivity contribution < 1.29 is 8.42 Å². The monoisotopic (exact) mass is 284 g/mol. The zero-order valence-corrected chi connectivity index (χ0v) is 12.8. The third-order valence-corrected chi connectivity index (χ3v) is 5.01. The van der Waals surface area contributed by atoms with Gasteiger partial charge in [0.05, 0.1) is 5.75 Å². The average Bonchev–Trinajstić information content (AvgIpc) is 2.37. The lowest BCUT2D eigenvalue weighted by atomic mass is 10.2. The molecule has 4 nitrogen and oxygen atoms in total. The third-order valence-electron chi connectivity index (χ3n) is 2.94. The first-order chi connectivity index (χ1) is 8.97. The summed E-state index contributed by atoms with van der Waals surface area (Å²) in [7, 11) is -1.37. The second-order valence-corrected chi connectivity index (χ2v) is 6.94. The molecule has 1 aromatic carbocycles. The molecule has 0 aliphatic heterocycles. The summed E-state index contributed by atoms with van der Waals surface area (Å²) in [6.45, 7) is 4.99. The van der Waals surface area contributed by atoms with Crippen molar-refractivity contribution in [2.24, 2.45) is 0 Å². The molecule has 0 fully saturated rings. The van der Waals surface area contributed by atoms with Crippen molar-refractivity contribution >= 4 is 10.0 Å². The van der Waals surface area contributed by atoms with E-state index in [1.807, 2.05) is 51.2 Å². The highest BCUT2D eigenvalue weighted by Gasteiger charge is 2.24. The predicted molar refractivity (Wildman–Crippen MR) is 79.5 cm³/mol. The minimum Gasteiger partial charge on any atom is -0.320 e. The quantitative estimate of drug-likeness (QED) is 0.741. The zero-order valence-electron chi connectivity index (χ0n) is 12.0. The molecule has 0 atom stereocenters. The van der Waals surface area contributed by atoms with Crippen molar-refractivity contribution in [3.8, 4) is 0 Å². The van der Waals surface area contributed by atoms with Gasteiger partial charge in [0.15, 0.2) is 0 Å². The smallest absolute Gasteiger partial charge is 0.214 e. The zero-order chi connectivity index (χ0) is 14.3. The van der Waals surface area contributed by atoms with Crippen LogP contribution in [0.5, 0.6) is 0 Å². The fourth-order valence-electron chi connectivity index (χ4n) is 1.91. The minimum atomic E-state index is -3.20. The Morgan fingerprint density at radius 3 is 2.37 bits per heavy atom. The summed E-state index contributed by atoms with van der Waals surface area (Å²) >= 11 is 0. The van der Waals surface area contributed by atoms with Crippen molar-refractivity contribution in [1.29, 1.82) is 0 Å². The molecule has 0 radical (unpaired) electrons. The summed E-state index contributed by atoms with van der Waals surface area (Å²) in [5, 5.41) is 2.98. The van der Waals surface area contributed by atoms with Crippen LogP contribution in [0.1, 0.15) is 25.8 Å². The molecule has 0 amide bonds. The van der Waals surface area contributed by atoms with Gasteiger partial charge in [0, 0.05) is 12.6 Å². The van der Waals surface area contributed by atoms with Gasteiger partial charge in [0.2, 0.25) is 10.0 Å². The van der Waals surface area contributed by atoms with Crippen LogP contribution >= 0.6 is 0 Å². The highest BCUT2D eigenvalue weighted by atomic mass is 32.2. The Bertz CT molecular complexity index is 458. The molecule has 0 saturated heterocycles. The molecule has 0 aromatic heterocycles. The number of nitrogens with zero attached hydrogens (tertiary/aromatic N) is 1. The van der Waals surface area contributed by atoms with Crippen LogP contribution in [0, 0.1) is 0 Å². The number of rotatable bonds is 8. The molecule has 108 valence electrons. The van der Waals surface area contributed by atoms with Crippen molar-refractivity contribution in [2.75, 3.05) is 19.3 Å². The summed E-state index contributed by atoms with van der Waals surface area (Å²) in [5.41, 5.74) is 1.02. The number of hydrogen-bond acceptors (Lipinski definition) is 3. The maximum absolute atomic E-state index is 12.3. The molecule has 0 bridgehead atoms. The summed E-state index contributed by atoms with van der Waals surface area (Å²) in [6, 6.07) is 9.68. The van der Waals surface area contributed by atoms with E-state index in [1.54, 1.807) is 4.31 Å². The van der Waals surface area contributed by atoms with E-state index in [2.05, 4.69) is 5.32 Å². The van der Waals surface area contributed by atoms with E-state index in [4.69, 9.17) is 0 Å². The molecule has 0 heterocycles. The highest BCUT2D eigenvalue weighted by molar-refractivity contribution is 7.89. The molecule has 1 N–H and O–H groups in total. The average molecular weight is 284 g/mol. The summed E-state index contributed by atoms with van der Waals surface area (Å²) in [6.07, 6.45) is 0.636. The number of sulfonamides is 1. The van der Waals surface area contributed by atoms with E-state index in [0.29, 0.717) is 13.0 Å². The van der Waals surface area contributed by atoms with Gasteiger partial charge < -0.3 is 5.32 Å². The number of nitrogens with one attached hydrogen (secondary N) is 1. The van der Waals surface area contributed by atoms with Gasteiger partial charge >= 0.3 is 0 Å². The fraction of sp³-hybridized carbons (Fsp3) is 0.571. The lowest BCUT2D eigenvalue weighted by molar-refractivity contribution is 0.347. The summed E-state index contributed by atoms with van der Waals surface area (Å²) in [5.74, 6) is 0.193. The second-order valence-electron chi connectivity index (χ2n) is 4.90. The van der Waals surface area contributed by atoms with Crippen molar-refractivity contribution in [1.82, 2.24) is 9.62 Å². The van der Waals surface area contributed by atoms with Crippen LogP contribution in [0.25, 0.3) is 0 Å².